The third kappa shape index (κ3) is 4.97. The Morgan fingerprint density at radius 2 is 2.22 bits per heavy atom. The van der Waals surface area contributed by atoms with Gasteiger partial charge in [-0.25, -0.2) is 8.42 Å². The standard InChI is InChI=1S/C11H16N2O3S2/c1-8(5-7-18(2,15)16)13-10(14)9-4-3-6-12-11(9)17/h3-4,6,8H,5,7H2,1-2H3,(H,12,17)(H,13,14)/t8-/m1/s1. The zero-order valence-corrected chi connectivity index (χ0v) is 11.9. The van der Waals surface area contributed by atoms with E-state index in [2.05, 4.69) is 10.3 Å². The molecule has 1 atom stereocenters. The van der Waals surface area contributed by atoms with E-state index in [1.165, 1.54) is 6.26 Å². The fraction of sp³-hybridized carbons (Fsp3) is 0.455. The minimum absolute atomic E-state index is 0.0517. The van der Waals surface area contributed by atoms with Crippen molar-refractivity contribution >= 4 is 28.0 Å². The molecule has 5 nitrogen and oxygen atoms in total. The minimum atomic E-state index is -3.01. The number of rotatable bonds is 5. The topological polar surface area (TPSA) is 79.0 Å². The highest BCUT2D eigenvalue weighted by Crippen LogP contribution is 2.02. The van der Waals surface area contributed by atoms with Gasteiger partial charge in [0, 0.05) is 18.5 Å². The molecule has 1 aromatic rings. The molecule has 100 valence electrons. The first-order valence-corrected chi connectivity index (χ1v) is 7.93. The van der Waals surface area contributed by atoms with Crippen molar-refractivity contribution in [1.29, 1.82) is 0 Å². The summed E-state index contributed by atoms with van der Waals surface area (Å²) in [6.45, 7) is 1.76. The maximum atomic E-state index is 11.9. The summed E-state index contributed by atoms with van der Waals surface area (Å²) in [6.07, 6.45) is 3.20. The molecule has 1 rings (SSSR count). The summed E-state index contributed by atoms with van der Waals surface area (Å²) in [5.41, 5.74) is 0.388. The number of carbonyl (C=O) groups is 1. The van der Waals surface area contributed by atoms with Crippen LogP contribution in [-0.2, 0) is 9.84 Å². The van der Waals surface area contributed by atoms with Crippen molar-refractivity contribution in [2.45, 2.75) is 19.4 Å². The summed E-state index contributed by atoms with van der Waals surface area (Å²) in [4.78, 5) is 14.6. The highest BCUT2D eigenvalue weighted by atomic mass is 32.2. The van der Waals surface area contributed by atoms with Crippen LogP contribution < -0.4 is 5.32 Å². The predicted octanol–water partition coefficient (Wildman–Crippen LogP) is 1.30. The van der Waals surface area contributed by atoms with Crippen molar-refractivity contribution < 1.29 is 13.2 Å². The lowest BCUT2D eigenvalue weighted by Crippen LogP contribution is -2.34. The summed E-state index contributed by atoms with van der Waals surface area (Å²) >= 11 is 4.99. The first-order valence-electron chi connectivity index (χ1n) is 5.46. The number of pyridine rings is 1. The Morgan fingerprint density at radius 1 is 1.56 bits per heavy atom. The van der Waals surface area contributed by atoms with Gasteiger partial charge in [0.05, 0.1) is 11.3 Å². The van der Waals surface area contributed by atoms with E-state index in [4.69, 9.17) is 12.2 Å². The summed E-state index contributed by atoms with van der Waals surface area (Å²) in [5.74, 6) is -0.242. The van der Waals surface area contributed by atoms with Crippen LogP contribution in [0, 0.1) is 4.64 Å². The molecule has 0 saturated heterocycles. The lowest BCUT2D eigenvalue weighted by atomic mass is 10.2. The summed E-state index contributed by atoms with van der Waals surface area (Å²) in [6, 6.07) is 3.09. The fourth-order valence-electron chi connectivity index (χ4n) is 1.36. The van der Waals surface area contributed by atoms with Gasteiger partial charge in [0.15, 0.2) is 0 Å². The molecule has 0 radical (unpaired) electrons. The number of aromatic nitrogens is 1. The fourth-order valence-corrected chi connectivity index (χ4v) is 2.38. The van der Waals surface area contributed by atoms with Gasteiger partial charge in [0.1, 0.15) is 14.5 Å². The zero-order chi connectivity index (χ0) is 13.8. The summed E-state index contributed by atoms with van der Waals surface area (Å²) < 4.78 is 22.4. The van der Waals surface area contributed by atoms with Gasteiger partial charge in [-0.1, -0.05) is 12.2 Å². The van der Waals surface area contributed by atoms with E-state index in [9.17, 15) is 13.2 Å². The van der Waals surface area contributed by atoms with Crippen molar-refractivity contribution in [1.82, 2.24) is 10.3 Å². The first kappa shape index (κ1) is 14.8. The average Bonchev–Trinajstić information content (AvgIpc) is 2.26. The Kier molecular flexibility index (Phi) is 5.03. The molecule has 0 saturated carbocycles. The van der Waals surface area contributed by atoms with E-state index < -0.39 is 9.84 Å². The largest absolute Gasteiger partial charge is 0.352 e. The maximum Gasteiger partial charge on any atom is 0.254 e. The first-order chi connectivity index (χ1) is 8.29. The Balaban J connectivity index is 2.61. The molecule has 0 aliphatic heterocycles. The van der Waals surface area contributed by atoms with Crippen LogP contribution in [-0.4, -0.2) is 37.4 Å². The Morgan fingerprint density at radius 3 is 2.78 bits per heavy atom. The van der Waals surface area contributed by atoms with E-state index in [1.807, 2.05) is 0 Å². The maximum absolute atomic E-state index is 11.9. The van der Waals surface area contributed by atoms with Gasteiger partial charge in [-0.05, 0) is 25.5 Å². The minimum Gasteiger partial charge on any atom is -0.352 e. The van der Waals surface area contributed by atoms with Crippen LogP contribution >= 0.6 is 12.2 Å². The number of hydrogen-bond donors (Lipinski definition) is 2. The number of nitrogens with one attached hydrogen (secondary N) is 2. The monoisotopic (exact) mass is 288 g/mol. The number of aromatic amines is 1. The molecule has 1 aromatic heterocycles. The van der Waals surface area contributed by atoms with Crippen molar-refractivity contribution in [3.8, 4) is 0 Å². The van der Waals surface area contributed by atoms with Gasteiger partial charge in [0.25, 0.3) is 5.91 Å². The van der Waals surface area contributed by atoms with E-state index in [0.29, 0.717) is 16.6 Å². The lowest BCUT2D eigenvalue weighted by Gasteiger charge is -2.13. The molecule has 0 unspecified atom stereocenters. The smallest absolute Gasteiger partial charge is 0.254 e. The van der Waals surface area contributed by atoms with E-state index in [0.717, 1.165) is 0 Å². The number of carbonyl (C=O) groups excluding carboxylic acids is 1. The second kappa shape index (κ2) is 6.10. The molecule has 0 aliphatic rings. The van der Waals surface area contributed by atoms with Gasteiger partial charge >= 0.3 is 0 Å². The van der Waals surface area contributed by atoms with Gasteiger partial charge in [0.2, 0.25) is 0 Å². The molecule has 1 amide bonds. The number of H-pyrrole nitrogens is 1. The van der Waals surface area contributed by atoms with Crippen LogP contribution in [0.1, 0.15) is 23.7 Å². The van der Waals surface area contributed by atoms with Crippen molar-refractivity contribution in [2.75, 3.05) is 12.0 Å². The van der Waals surface area contributed by atoms with Gasteiger partial charge in [-0.15, -0.1) is 0 Å². The molecule has 0 bridgehead atoms. The van der Waals surface area contributed by atoms with Crippen molar-refractivity contribution in [3.63, 3.8) is 0 Å². The second-order valence-electron chi connectivity index (χ2n) is 4.21. The van der Waals surface area contributed by atoms with Gasteiger partial charge in [-0.2, -0.15) is 0 Å². The van der Waals surface area contributed by atoms with Crippen LogP contribution in [0.15, 0.2) is 18.3 Å². The Hall–Kier alpha value is -1.21. The average molecular weight is 288 g/mol. The Bertz CT molecular complexity index is 578. The third-order valence-electron chi connectivity index (χ3n) is 2.36. The quantitative estimate of drug-likeness (QED) is 0.800. The number of sulfone groups is 1. The molecule has 0 spiro atoms. The van der Waals surface area contributed by atoms with Crippen molar-refractivity contribution in [2.24, 2.45) is 0 Å². The molecule has 0 fully saturated rings. The van der Waals surface area contributed by atoms with Crippen LogP contribution in [0.2, 0.25) is 0 Å². The van der Waals surface area contributed by atoms with E-state index >= 15 is 0 Å². The molecule has 0 aromatic carbocycles. The normalized spacial score (nSPS) is 13.0. The summed E-state index contributed by atoms with van der Waals surface area (Å²) in [7, 11) is -3.01. The third-order valence-corrected chi connectivity index (χ3v) is 3.68. The SMILES string of the molecule is C[C@H](CCS(C)(=O)=O)NC(=O)c1ccc[nH]c1=S. The second-order valence-corrected chi connectivity index (χ2v) is 6.87. The van der Waals surface area contributed by atoms with Crippen molar-refractivity contribution in [3.05, 3.63) is 28.5 Å². The van der Waals surface area contributed by atoms with Crippen LogP contribution in [0.4, 0.5) is 0 Å². The zero-order valence-electron chi connectivity index (χ0n) is 10.3. The highest BCUT2D eigenvalue weighted by Gasteiger charge is 2.13. The van der Waals surface area contributed by atoms with E-state index in [1.54, 1.807) is 25.3 Å². The van der Waals surface area contributed by atoms with Gasteiger partial charge < -0.3 is 10.3 Å². The molecular formula is C11H16N2O3S2. The summed E-state index contributed by atoms with van der Waals surface area (Å²) in [5, 5.41) is 2.72. The number of hydrogen-bond acceptors (Lipinski definition) is 4. The molecule has 1 heterocycles. The molecular weight excluding hydrogens is 272 g/mol. The predicted molar refractivity (Wildman–Crippen MR) is 72.9 cm³/mol. The molecule has 18 heavy (non-hydrogen) atoms. The number of amides is 1. The van der Waals surface area contributed by atoms with Crippen LogP contribution in [0.3, 0.4) is 0 Å². The Labute approximate surface area is 112 Å². The molecule has 0 aliphatic carbocycles. The highest BCUT2D eigenvalue weighted by molar-refractivity contribution is 7.90. The van der Waals surface area contributed by atoms with Gasteiger partial charge in [-0.3, -0.25) is 4.79 Å². The molecule has 2 N–H and O–H groups in total. The van der Waals surface area contributed by atoms with Crippen LogP contribution in [0.5, 0.6) is 0 Å². The van der Waals surface area contributed by atoms with E-state index in [-0.39, 0.29) is 17.7 Å². The molecule has 7 heteroatoms. The van der Waals surface area contributed by atoms with Crippen LogP contribution in [0.25, 0.3) is 0 Å². The lowest BCUT2D eigenvalue weighted by molar-refractivity contribution is 0.0938.